The predicted molar refractivity (Wildman–Crippen MR) is 123 cm³/mol. The molecule has 3 atom stereocenters. The summed E-state index contributed by atoms with van der Waals surface area (Å²) in [5.41, 5.74) is 6.31. The maximum Gasteiger partial charge on any atom is 0.327 e. The summed E-state index contributed by atoms with van der Waals surface area (Å²) in [4.78, 5) is 23.5. The molecule has 0 aromatic rings. The molecule has 1 rings (SSSR count). The number of rotatable bonds is 2. The van der Waals surface area contributed by atoms with Crippen LogP contribution in [0.2, 0.25) is 0 Å². The van der Waals surface area contributed by atoms with Crippen LogP contribution in [0.4, 0.5) is 0 Å². The zero-order valence-corrected chi connectivity index (χ0v) is 21.6. The molecule has 0 aromatic heterocycles. The highest BCUT2D eigenvalue weighted by molar-refractivity contribution is 14.2. The monoisotopic (exact) mass is 940 g/mol. The normalized spacial score (nSPS) is 38.1. The van der Waals surface area contributed by atoms with Crippen LogP contribution in [0.15, 0.2) is 9.28 Å². The summed E-state index contributed by atoms with van der Waals surface area (Å²) in [6, 6.07) is 0. The number of nitrogens with two attached hydrogens (primary N) is 1. The van der Waals surface area contributed by atoms with Gasteiger partial charge in [-0.25, -0.2) is 0 Å². The summed E-state index contributed by atoms with van der Waals surface area (Å²) in [5.74, 6) is -2.15. The topological polar surface area (TPSA) is 101 Å². The summed E-state index contributed by atoms with van der Waals surface area (Å²) in [7, 11) is 0. The van der Waals surface area contributed by atoms with Gasteiger partial charge in [-0.05, 0) is 22.6 Å². The van der Waals surface area contributed by atoms with Crippen LogP contribution in [0.5, 0.6) is 0 Å². The van der Waals surface area contributed by atoms with Crippen molar-refractivity contribution in [3.63, 3.8) is 0 Å². The molecule has 0 saturated carbocycles. The van der Waals surface area contributed by atoms with Crippen LogP contribution in [0.1, 0.15) is 0 Å². The van der Waals surface area contributed by atoms with Gasteiger partial charge < -0.3 is 15.9 Å². The van der Waals surface area contributed by atoms with Gasteiger partial charge in [0.2, 0.25) is 0 Å². The van der Waals surface area contributed by atoms with E-state index in [2.05, 4.69) is 0 Å². The third-order valence-corrected chi connectivity index (χ3v) is 19.1. The molecule has 3 unspecified atom stereocenters. The fourth-order valence-electron chi connectivity index (χ4n) is 1.54. The van der Waals surface area contributed by atoms with Gasteiger partial charge in [0.25, 0.3) is 0 Å². The molecule has 1 aliphatic carbocycles. The van der Waals surface area contributed by atoms with Crippen molar-refractivity contribution in [1.82, 2.24) is 0 Å². The SMILES string of the molecule is NC1=C(I)C(I)(C(=O)O)C(I)(I)C(I)(C(=O)O)C1I. The lowest BCUT2D eigenvalue weighted by Crippen LogP contribution is -2.68. The Bertz CT molecular complexity index is 494. The molecule has 0 spiro atoms. The Morgan fingerprint density at radius 3 is 1.84 bits per heavy atom. The average Bonchev–Trinajstić information content (AvgIpc) is 2.31. The van der Waals surface area contributed by atoms with Crippen LogP contribution in [-0.2, 0) is 9.59 Å². The molecule has 0 aliphatic heterocycles. The largest absolute Gasteiger partial charge is 0.480 e. The second kappa shape index (κ2) is 6.40. The number of carboxylic acid groups (broad SMARTS) is 2. The van der Waals surface area contributed by atoms with Crippen molar-refractivity contribution >= 4 is 147 Å². The lowest BCUT2D eigenvalue weighted by Gasteiger charge is -2.50. The molecule has 0 radical (unpaired) electrons. The van der Waals surface area contributed by atoms with Crippen molar-refractivity contribution in [2.24, 2.45) is 5.73 Å². The minimum absolute atomic E-state index is 0.318. The maximum atomic E-state index is 11.8. The molecule has 11 heteroatoms. The van der Waals surface area contributed by atoms with Crippen LogP contribution in [0, 0.1) is 0 Å². The van der Waals surface area contributed by atoms with Gasteiger partial charge in [0.15, 0.2) is 6.84 Å². The lowest BCUT2D eigenvalue weighted by atomic mass is 9.84. The Balaban J connectivity index is 3.80. The van der Waals surface area contributed by atoms with Gasteiger partial charge >= 0.3 is 11.9 Å². The maximum absolute atomic E-state index is 11.8. The van der Waals surface area contributed by atoms with Gasteiger partial charge in [0, 0.05) is 9.28 Å². The first kappa shape index (κ1) is 19.9. The minimum atomic E-state index is -1.39. The second-order valence-electron chi connectivity index (χ2n) is 3.69. The Kier molecular flexibility index (Phi) is 6.70. The van der Waals surface area contributed by atoms with Crippen LogP contribution in [-0.4, -0.2) is 34.3 Å². The first-order valence-electron chi connectivity index (χ1n) is 4.38. The van der Waals surface area contributed by atoms with E-state index in [0.717, 1.165) is 0 Å². The third kappa shape index (κ3) is 2.66. The highest BCUT2D eigenvalue weighted by atomic mass is 127. The molecular weight excluding hydrogens is 936 g/mol. The molecule has 0 heterocycles. The Hall–Kier alpha value is 2.86. The van der Waals surface area contributed by atoms with Gasteiger partial charge in [-0.15, -0.1) is 0 Å². The quantitative estimate of drug-likeness (QED) is 0.291. The Morgan fingerprint density at radius 1 is 1.11 bits per heavy atom. The molecule has 19 heavy (non-hydrogen) atoms. The van der Waals surface area contributed by atoms with Crippen LogP contribution >= 0.6 is 136 Å². The summed E-state index contributed by atoms with van der Waals surface area (Å²) >= 11 is 11.4. The first-order chi connectivity index (χ1) is 8.36. The van der Waals surface area contributed by atoms with E-state index in [9.17, 15) is 19.8 Å². The minimum Gasteiger partial charge on any atom is -0.480 e. The van der Waals surface area contributed by atoms with E-state index < -0.39 is 24.1 Å². The number of allylic oxidation sites excluding steroid dienone is 1. The number of halogens is 6. The lowest BCUT2D eigenvalue weighted by molar-refractivity contribution is -0.140. The standard InChI is InChI=1S/C8H5I6NO4/c9-2-1(15)3(10)7(12,5(18)19)8(13,14)6(2,11)4(16)17/h2H,15H2,(H,16,17)(H,18,19). The molecule has 4 N–H and O–H groups in total. The van der Waals surface area contributed by atoms with E-state index in [1.54, 1.807) is 22.6 Å². The van der Waals surface area contributed by atoms with Crippen molar-refractivity contribution in [1.29, 1.82) is 0 Å². The van der Waals surface area contributed by atoms with Crippen molar-refractivity contribution in [2.75, 3.05) is 0 Å². The first-order valence-corrected chi connectivity index (χ1v) is 11.0. The summed E-state index contributed by atoms with van der Waals surface area (Å²) in [6.07, 6.45) is 0. The molecule has 108 valence electrons. The predicted octanol–water partition coefficient (Wildman–Crippen LogP) is 3.49. The van der Waals surface area contributed by atoms with E-state index in [-0.39, 0.29) is 0 Å². The van der Waals surface area contributed by atoms with E-state index in [1.165, 1.54) is 0 Å². The summed E-state index contributed by atoms with van der Waals surface area (Å²) < 4.78 is -3.82. The van der Waals surface area contributed by atoms with Crippen LogP contribution < -0.4 is 5.73 Å². The van der Waals surface area contributed by atoms with Gasteiger partial charge in [0.1, 0.15) is 1.43 Å². The molecule has 0 bridgehead atoms. The Labute approximate surface area is 190 Å². The number of hydrogen-bond donors (Lipinski definition) is 3. The number of carboxylic acids is 2. The van der Waals surface area contributed by atoms with E-state index in [1.807, 2.05) is 113 Å². The molecule has 0 aromatic carbocycles. The molecule has 1 aliphatic rings. The number of hydrogen-bond acceptors (Lipinski definition) is 3. The zero-order valence-electron chi connectivity index (χ0n) is 8.63. The fourth-order valence-corrected chi connectivity index (χ4v) is 10.4. The highest BCUT2D eigenvalue weighted by Crippen LogP contribution is 2.65. The van der Waals surface area contributed by atoms with Crippen molar-refractivity contribution in [3.8, 4) is 0 Å². The summed E-state index contributed by atoms with van der Waals surface area (Å²) in [5, 5.41) is 19.2. The van der Waals surface area contributed by atoms with Crippen LogP contribution in [0.3, 0.4) is 0 Å². The highest BCUT2D eigenvalue weighted by Gasteiger charge is 2.73. The average molecular weight is 941 g/mol. The molecule has 0 fully saturated rings. The van der Waals surface area contributed by atoms with Crippen molar-refractivity contribution in [3.05, 3.63) is 9.28 Å². The van der Waals surface area contributed by atoms with Crippen LogP contribution in [0.25, 0.3) is 0 Å². The summed E-state index contributed by atoms with van der Waals surface area (Å²) in [6.45, 7) is 0. The van der Waals surface area contributed by atoms with Gasteiger partial charge in [-0.1, -0.05) is 113 Å². The second-order valence-corrected chi connectivity index (χ2v) is 14.6. The van der Waals surface area contributed by atoms with Gasteiger partial charge in [-0.3, -0.25) is 9.59 Å². The molecule has 5 nitrogen and oxygen atoms in total. The van der Waals surface area contributed by atoms with Crippen molar-refractivity contribution in [2.45, 2.75) is 12.2 Å². The van der Waals surface area contributed by atoms with Gasteiger partial charge in [-0.2, -0.15) is 0 Å². The molecule has 0 saturated heterocycles. The van der Waals surface area contributed by atoms with Gasteiger partial charge in [0.05, 0.1) is 3.92 Å². The Morgan fingerprint density at radius 2 is 1.53 bits per heavy atom. The number of aliphatic carboxylic acids is 2. The smallest absolute Gasteiger partial charge is 0.327 e. The van der Waals surface area contributed by atoms with E-state index in [0.29, 0.717) is 9.28 Å². The van der Waals surface area contributed by atoms with E-state index in [4.69, 9.17) is 5.73 Å². The number of carbonyl (C=O) groups is 2. The molecular formula is C8H5I6NO4. The zero-order chi connectivity index (χ0) is 15.4. The number of alkyl halides is 5. The molecule has 0 amide bonds. The fraction of sp³-hybridized carbons (Fsp3) is 0.500. The third-order valence-electron chi connectivity index (χ3n) is 2.67. The van der Waals surface area contributed by atoms with E-state index >= 15 is 0 Å². The van der Waals surface area contributed by atoms with Crippen molar-refractivity contribution < 1.29 is 19.8 Å².